The van der Waals surface area contributed by atoms with Crippen LogP contribution in [0, 0.1) is 24.0 Å². The molecule has 0 bridgehead atoms. The van der Waals surface area contributed by atoms with Crippen molar-refractivity contribution in [2.45, 2.75) is 13.8 Å². The van der Waals surface area contributed by atoms with Crippen molar-refractivity contribution in [2.75, 3.05) is 5.32 Å². The molecule has 0 saturated heterocycles. The monoisotopic (exact) mass is 366 g/mol. The third kappa shape index (κ3) is 3.95. The zero-order chi connectivity index (χ0) is 19.6. The number of hydrogen-bond donors (Lipinski definition) is 1. The Labute approximate surface area is 155 Å². The van der Waals surface area contributed by atoms with Gasteiger partial charge in [0.15, 0.2) is 0 Å². The summed E-state index contributed by atoms with van der Waals surface area (Å²) >= 11 is 0. The maximum atomic E-state index is 12.3. The maximum absolute atomic E-state index is 12.3. The lowest BCUT2D eigenvalue weighted by molar-refractivity contribution is -0.386. The van der Waals surface area contributed by atoms with E-state index in [1.807, 2.05) is 19.1 Å². The Morgan fingerprint density at radius 1 is 1.19 bits per heavy atom. The number of aryl methyl sites for hydroxylation is 3. The minimum absolute atomic E-state index is 0.0500. The lowest BCUT2D eigenvalue weighted by Crippen LogP contribution is -2.11. The van der Waals surface area contributed by atoms with Crippen LogP contribution in [0.2, 0.25) is 0 Å². The molecule has 1 aromatic heterocycles. The highest BCUT2D eigenvalue weighted by Crippen LogP contribution is 2.33. The molecule has 138 valence electrons. The molecule has 27 heavy (non-hydrogen) atoms. The lowest BCUT2D eigenvalue weighted by Gasteiger charge is -2.08. The van der Waals surface area contributed by atoms with Gasteiger partial charge in [0.1, 0.15) is 11.4 Å². The third-order valence-electron chi connectivity index (χ3n) is 3.93. The Morgan fingerprint density at radius 2 is 1.89 bits per heavy atom. The molecule has 0 aliphatic carbocycles. The average molecular weight is 366 g/mol. The molecule has 0 aliphatic rings. The normalized spacial score (nSPS) is 10.5. The van der Waals surface area contributed by atoms with Crippen LogP contribution in [0.4, 0.5) is 11.4 Å². The fraction of sp³-hybridized carbons (Fsp3) is 0.158. The standard InChI is InChI=1S/C19H18N4O4/c1-12-5-4-6-14(11-12)18(24)20-15-7-9-16(10-8-15)27-19-17(23(25)26)13(2)21-22(19)3/h4-11H,1-3H3,(H,20,24). The number of carbonyl (C=O) groups excluding carboxylic acids is 1. The van der Waals surface area contributed by atoms with Gasteiger partial charge in [-0.05, 0) is 50.2 Å². The van der Waals surface area contributed by atoms with E-state index in [0.29, 0.717) is 17.0 Å². The summed E-state index contributed by atoms with van der Waals surface area (Å²) in [5.74, 6) is 0.231. The second-order valence-electron chi connectivity index (χ2n) is 6.07. The Bertz CT molecular complexity index is 1010. The summed E-state index contributed by atoms with van der Waals surface area (Å²) < 4.78 is 6.95. The van der Waals surface area contributed by atoms with Gasteiger partial charge >= 0.3 is 5.69 Å². The van der Waals surface area contributed by atoms with Gasteiger partial charge in [0, 0.05) is 18.3 Å². The zero-order valence-electron chi connectivity index (χ0n) is 15.1. The Morgan fingerprint density at radius 3 is 2.52 bits per heavy atom. The number of nitro groups is 1. The van der Waals surface area contributed by atoms with Crippen LogP contribution in [0.3, 0.4) is 0 Å². The quantitative estimate of drug-likeness (QED) is 0.544. The first-order chi connectivity index (χ1) is 12.8. The Kier molecular flexibility index (Phi) is 4.89. The predicted octanol–water partition coefficient (Wildman–Crippen LogP) is 3.99. The minimum Gasteiger partial charge on any atom is -0.434 e. The second kappa shape index (κ2) is 7.28. The first kappa shape index (κ1) is 18.1. The number of nitrogens with zero attached hydrogens (tertiary/aromatic N) is 3. The number of anilines is 1. The van der Waals surface area contributed by atoms with E-state index in [1.54, 1.807) is 50.4 Å². The van der Waals surface area contributed by atoms with Gasteiger partial charge < -0.3 is 10.1 Å². The van der Waals surface area contributed by atoms with E-state index in [1.165, 1.54) is 4.68 Å². The first-order valence-electron chi connectivity index (χ1n) is 8.19. The van der Waals surface area contributed by atoms with Gasteiger partial charge in [-0.3, -0.25) is 14.9 Å². The smallest absolute Gasteiger partial charge is 0.353 e. The number of aromatic nitrogens is 2. The lowest BCUT2D eigenvalue weighted by atomic mass is 10.1. The van der Waals surface area contributed by atoms with Crippen molar-refractivity contribution >= 4 is 17.3 Å². The van der Waals surface area contributed by atoms with Gasteiger partial charge in [0.2, 0.25) is 0 Å². The van der Waals surface area contributed by atoms with Crippen LogP contribution in [0.1, 0.15) is 21.6 Å². The number of hydrogen-bond acceptors (Lipinski definition) is 5. The molecule has 0 fully saturated rings. The fourth-order valence-electron chi connectivity index (χ4n) is 2.66. The van der Waals surface area contributed by atoms with Crippen molar-refractivity contribution in [3.8, 4) is 11.6 Å². The summed E-state index contributed by atoms with van der Waals surface area (Å²) in [4.78, 5) is 23.0. The van der Waals surface area contributed by atoms with Crippen LogP contribution < -0.4 is 10.1 Å². The van der Waals surface area contributed by atoms with Crippen LogP contribution in [0.25, 0.3) is 0 Å². The molecule has 1 amide bonds. The second-order valence-corrected chi connectivity index (χ2v) is 6.07. The maximum Gasteiger partial charge on any atom is 0.353 e. The summed E-state index contributed by atoms with van der Waals surface area (Å²) in [6, 6.07) is 13.9. The highest BCUT2D eigenvalue weighted by atomic mass is 16.6. The zero-order valence-corrected chi connectivity index (χ0v) is 15.1. The van der Waals surface area contributed by atoms with Gasteiger partial charge in [-0.25, -0.2) is 4.68 Å². The van der Waals surface area contributed by atoms with E-state index in [4.69, 9.17) is 4.74 Å². The summed E-state index contributed by atoms with van der Waals surface area (Å²) in [5.41, 5.74) is 2.26. The number of carbonyl (C=O) groups is 1. The summed E-state index contributed by atoms with van der Waals surface area (Å²) in [6.45, 7) is 3.47. The van der Waals surface area contributed by atoms with E-state index >= 15 is 0 Å². The van der Waals surface area contributed by atoms with Crippen LogP contribution in [0.5, 0.6) is 11.6 Å². The van der Waals surface area contributed by atoms with Gasteiger partial charge in [-0.2, -0.15) is 5.10 Å². The summed E-state index contributed by atoms with van der Waals surface area (Å²) in [5, 5.41) is 18.0. The number of nitrogens with one attached hydrogen (secondary N) is 1. The number of ether oxygens (including phenoxy) is 1. The largest absolute Gasteiger partial charge is 0.434 e. The summed E-state index contributed by atoms with van der Waals surface area (Å²) in [6.07, 6.45) is 0. The average Bonchev–Trinajstić information content (AvgIpc) is 2.90. The van der Waals surface area contributed by atoms with Crippen molar-refractivity contribution in [3.05, 3.63) is 75.5 Å². The predicted molar refractivity (Wildman–Crippen MR) is 100 cm³/mol. The highest BCUT2D eigenvalue weighted by Gasteiger charge is 2.26. The van der Waals surface area contributed by atoms with Crippen molar-refractivity contribution < 1.29 is 14.5 Å². The van der Waals surface area contributed by atoms with Gasteiger partial charge in [-0.1, -0.05) is 17.7 Å². The van der Waals surface area contributed by atoms with Crippen LogP contribution in [0.15, 0.2) is 48.5 Å². The van der Waals surface area contributed by atoms with E-state index in [-0.39, 0.29) is 23.2 Å². The molecule has 3 rings (SSSR count). The molecule has 0 spiro atoms. The molecule has 0 unspecified atom stereocenters. The molecule has 8 nitrogen and oxygen atoms in total. The minimum atomic E-state index is -0.520. The van der Waals surface area contributed by atoms with E-state index in [9.17, 15) is 14.9 Å². The molecule has 3 aromatic rings. The molecule has 1 N–H and O–H groups in total. The summed E-state index contributed by atoms with van der Waals surface area (Å²) in [7, 11) is 1.58. The van der Waals surface area contributed by atoms with Gasteiger partial charge in [0.05, 0.1) is 4.92 Å². The topological polar surface area (TPSA) is 99.3 Å². The number of benzene rings is 2. The molecule has 0 aliphatic heterocycles. The van der Waals surface area contributed by atoms with Crippen LogP contribution >= 0.6 is 0 Å². The fourth-order valence-corrected chi connectivity index (χ4v) is 2.66. The van der Waals surface area contributed by atoms with E-state index in [0.717, 1.165) is 5.56 Å². The number of rotatable bonds is 5. The van der Waals surface area contributed by atoms with Crippen molar-refractivity contribution in [1.29, 1.82) is 0 Å². The molecule has 1 heterocycles. The van der Waals surface area contributed by atoms with E-state index < -0.39 is 4.92 Å². The highest BCUT2D eigenvalue weighted by molar-refractivity contribution is 6.04. The van der Waals surface area contributed by atoms with E-state index in [2.05, 4.69) is 10.4 Å². The van der Waals surface area contributed by atoms with Crippen molar-refractivity contribution in [2.24, 2.45) is 7.05 Å². The first-order valence-corrected chi connectivity index (χ1v) is 8.19. The van der Waals surface area contributed by atoms with Crippen molar-refractivity contribution in [1.82, 2.24) is 9.78 Å². The molecular weight excluding hydrogens is 348 g/mol. The van der Waals surface area contributed by atoms with Gasteiger partial charge in [0.25, 0.3) is 11.8 Å². The molecular formula is C19H18N4O4. The molecule has 2 aromatic carbocycles. The Hall–Kier alpha value is -3.68. The third-order valence-corrected chi connectivity index (χ3v) is 3.93. The van der Waals surface area contributed by atoms with Crippen LogP contribution in [-0.2, 0) is 7.05 Å². The van der Waals surface area contributed by atoms with Gasteiger partial charge in [-0.15, -0.1) is 0 Å². The molecule has 0 radical (unpaired) electrons. The molecule has 0 atom stereocenters. The number of amides is 1. The molecule has 8 heteroatoms. The SMILES string of the molecule is Cc1cccc(C(=O)Nc2ccc(Oc3c([N+](=O)[O-])c(C)nn3C)cc2)c1. The van der Waals surface area contributed by atoms with Crippen LogP contribution in [-0.4, -0.2) is 20.6 Å². The van der Waals surface area contributed by atoms with Crippen molar-refractivity contribution in [3.63, 3.8) is 0 Å². The Balaban J connectivity index is 1.75. The molecule has 0 saturated carbocycles.